The maximum Gasteiger partial charge on any atom is 0.146 e. The van der Waals surface area contributed by atoms with E-state index >= 15 is 0 Å². The van der Waals surface area contributed by atoms with Crippen molar-refractivity contribution in [3.05, 3.63) is 42.1 Å². The minimum atomic E-state index is 0.693. The van der Waals surface area contributed by atoms with Crippen molar-refractivity contribution in [1.82, 2.24) is 19.4 Å². The van der Waals surface area contributed by atoms with Crippen molar-refractivity contribution in [3.63, 3.8) is 0 Å². The van der Waals surface area contributed by atoms with E-state index in [0.717, 1.165) is 43.1 Å². The molecule has 2 aliphatic heterocycles. The van der Waals surface area contributed by atoms with Crippen LogP contribution in [-0.2, 0) is 13.6 Å². The summed E-state index contributed by atoms with van der Waals surface area (Å²) in [5.74, 6) is 3.67. The van der Waals surface area contributed by atoms with E-state index in [-0.39, 0.29) is 0 Å². The fraction of sp³-hybridized carbons (Fsp3) is 0.571. The summed E-state index contributed by atoms with van der Waals surface area (Å²) in [5, 5.41) is 9.31. The molecular weight excluding hydrogens is 336 g/mol. The number of hydrogen-bond donors (Lipinski definition) is 0. The zero-order chi connectivity index (χ0) is 18.6. The number of pyridine rings is 1. The average Bonchev–Trinajstić information content (AvgIpc) is 3.13. The predicted octanol–water partition coefficient (Wildman–Crippen LogP) is 2.82. The van der Waals surface area contributed by atoms with Gasteiger partial charge in [0, 0.05) is 38.7 Å². The van der Waals surface area contributed by atoms with Crippen molar-refractivity contribution in [2.24, 2.45) is 18.9 Å². The third kappa shape index (κ3) is 3.98. The molecule has 2 fully saturated rings. The Bertz CT molecular complexity index is 791. The van der Waals surface area contributed by atoms with Crippen molar-refractivity contribution in [1.29, 1.82) is 5.26 Å². The van der Waals surface area contributed by atoms with Crippen LogP contribution in [0.5, 0.6) is 0 Å². The van der Waals surface area contributed by atoms with Gasteiger partial charge in [0.2, 0.25) is 0 Å². The number of piperidine rings is 2. The van der Waals surface area contributed by atoms with Gasteiger partial charge in [0.15, 0.2) is 0 Å². The second-order valence-corrected chi connectivity index (χ2v) is 7.88. The Morgan fingerprint density at radius 3 is 2.37 bits per heavy atom. The van der Waals surface area contributed by atoms with Gasteiger partial charge in [-0.3, -0.25) is 4.90 Å². The molecule has 0 N–H and O–H groups in total. The largest absolute Gasteiger partial charge is 0.356 e. The van der Waals surface area contributed by atoms with Crippen LogP contribution < -0.4 is 4.90 Å². The number of hydrogen-bond acceptors (Lipinski definition) is 5. The summed E-state index contributed by atoms with van der Waals surface area (Å²) >= 11 is 0. The minimum Gasteiger partial charge on any atom is -0.356 e. The Balaban J connectivity index is 1.27. The Morgan fingerprint density at radius 2 is 1.74 bits per heavy atom. The summed E-state index contributed by atoms with van der Waals surface area (Å²) in [4.78, 5) is 13.7. The molecule has 2 aliphatic rings. The van der Waals surface area contributed by atoms with E-state index < -0.39 is 0 Å². The average molecular weight is 364 g/mol. The molecule has 6 heteroatoms. The molecule has 2 saturated heterocycles. The topological polar surface area (TPSA) is 61.0 Å². The summed E-state index contributed by atoms with van der Waals surface area (Å²) in [5.41, 5.74) is 0.693. The molecule has 0 unspecified atom stereocenters. The van der Waals surface area contributed by atoms with Crippen molar-refractivity contribution in [2.45, 2.75) is 32.2 Å². The number of aromatic nitrogens is 3. The molecule has 0 saturated carbocycles. The first kappa shape index (κ1) is 18.0. The first-order valence-electron chi connectivity index (χ1n) is 10.0. The van der Waals surface area contributed by atoms with E-state index in [2.05, 4.69) is 37.5 Å². The number of aryl methyl sites for hydroxylation is 1. The van der Waals surface area contributed by atoms with Gasteiger partial charge in [-0.25, -0.2) is 9.97 Å². The summed E-state index contributed by atoms with van der Waals surface area (Å²) < 4.78 is 2.12. The molecule has 142 valence electrons. The lowest BCUT2D eigenvalue weighted by Crippen LogP contribution is -2.41. The van der Waals surface area contributed by atoms with Crippen LogP contribution in [0.25, 0.3) is 0 Å². The molecule has 4 heterocycles. The summed E-state index contributed by atoms with van der Waals surface area (Å²) in [6, 6.07) is 5.99. The van der Waals surface area contributed by atoms with Gasteiger partial charge in [0.25, 0.3) is 0 Å². The van der Waals surface area contributed by atoms with Crippen LogP contribution in [0.1, 0.15) is 37.1 Å². The van der Waals surface area contributed by atoms with Crippen molar-refractivity contribution >= 4 is 5.82 Å². The molecule has 0 aliphatic carbocycles. The smallest absolute Gasteiger partial charge is 0.146 e. The van der Waals surface area contributed by atoms with E-state index in [9.17, 15) is 5.26 Å². The van der Waals surface area contributed by atoms with E-state index in [0.29, 0.717) is 5.56 Å². The Kier molecular flexibility index (Phi) is 5.40. The second kappa shape index (κ2) is 8.10. The molecular formula is C21H28N6. The highest BCUT2D eigenvalue weighted by Gasteiger charge is 2.30. The van der Waals surface area contributed by atoms with Crippen LogP contribution in [0, 0.1) is 23.2 Å². The van der Waals surface area contributed by atoms with Crippen LogP contribution >= 0.6 is 0 Å². The highest BCUT2D eigenvalue weighted by atomic mass is 15.2. The molecule has 0 radical (unpaired) electrons. The zero-order valence-corrected chi connectivity index (χ0v) is 16.1. The third-order valence-corrected chi connectivity index (χ3v) is 6.33. The van der Waals surface area contributed by atoms with E-state index in [1.165, 1.54) is 38.8 Å². The highest BCUT2D eigenvalue weighted by molar-refractivity contribution is 5.53. The number of likely N-dealkylation sites (tertiary alicyclic amines) is 1. The summed E-state index contributed by atoms with van der Waals surface area (Å²) in [6.45, 7) is 5.35. The summed E-state index contributed by atoms with van der Waals surface area (Å²) in [6.07, 6.45) is 10.7. The first-order chi connectivity index (χ1) is 13.2. The second-order valence-electron chi connectivity index (χ2n) is 7.88. The fourth-order valence-corrected chi connectivity index (χ4v) is 4.65. The Hall–Kier alpha value is -2.39. The van der Waals surface area contributed by atoms with Gasteiger partial charge in [-0.05, 0) is 62.7 Å². The molecule has 0 amide bonds. The minimum absolute atomic E-state index is 0.693. The SMILES string of the molecule is Cn1ccnc1CN1CCC(C2CCN(c3ncccc3C#N)CC2)CC1. The maximum absolute atomic E-state index is 9.31. The quantitative estimate of drug-likeness (QED) is 0.835. The van der Waals surface area contributed by atoms with Gasteiger partial charge >= 0.3 is 0 Å². The summed E-state index contributed by atoms with van der Waals surface area (Å²) in [7, 11) is 2.07. The van der Waals surface area contributed by atoms with Crippen molar-refractivity contribution in [3.8, 4) is 6.07 Å². The number of anilines is 1. The number of rotatable bonds is 4. The van der Waals surface area contributed by atoms with Crippen molar-refractivity contribution < 1.29 is 0 Å². The first-order valence-corrected chi connectivity index (χ1v) is 10.0. The molecule has 6 nitrogen and oxygen atoms in total. The van der Waals surface area contributed by atoms with Gasteiger partial charge in [0.05, 0.1) is 12.1 Å². The molecule has 4 rings (SSSR count). The molecule has 2 aromatic rings. The van der Waals surface area contributed by atoms with E-state index in [1.54, 1.807) is 6.20 Å². The van der Waals surface area contributed by atoms with Gasteiger partial charge in [-0.1, -0.05) is 0 Å². The molecule has 27 heavy (non-hydrogen) atoms. The van der Waals surface area contributed by atoms with Crippen LogP contribution in [0.15, 0.2) is 30.7 Å². The number of nitriles is 1. The number of nitrogens with zero attached hydrogens (tertiary/aromatic N) is 6. The van der Waals surface area contributed by atoms with Crippen LogP contribution in [0.2, 0.25) is 0 Å². The predicted molar refractivity (Wildman–Crippen MR) is 105 cm³/mol. The molecule has 2 aromatic heterocycles. The number of imidazole rings is 1. The monoisotopic (exact) mass is 364 g/mol. The molecule has 0 atom stereocenters. The highest BCUT2D eigenvalue weighted by Crippen LogP contribution is 2.34. The van der Waals surface area contributed by atoms with Gasteiger partial charge in [-0.15, -0.1) is 0 Å². The van der Waals surface area contributed by atoms with E-state index in [1.807, 2.05) is 24.5 Å². The molecule has 0 spiro atoms. The third-order valence-electron chi connectivity index (χ3n) is 6.33. The van der Waals surface area contributed by atoms with Crippen LogP contribution in [0.4, 0.5) is 5.82 Å². The lowest BCUT2D eigenvalue weighted by atomic mass is 9.78. The lowest BCUT2D eigenvalue weighted by Gasteiger charge is -2.40. The van der Waals surface area contributed by atoms with Gasteiger partial charge < -0.3 is 9.47 Å². The molecule has 0 aromatic carbocycles. The standard InChI is InChI=1S/C21H28N6/c1-25-14-9-23-20(25)16-26-10-4-17(5-11-26)18-6-12-27(13-7-18)21-19(15-22)3-2-8-24-21/h2-3,8-9,14,17-18H,4-7,10-13,16H2,1H3. The lowest BCUT2D eigenvalue weighted by molar-refractivity contribution is 0.126. The van der Waals surface area contributed by atoms with Gasteiger partial charge in [-0.2, -0.15) is 5.26 Å². The zero-order valence-electron chi connectivity index (χ0n) is 16.1. The van der Waals surface area contributed by atoms with Crippen LogP contribution in [0.3, 0.4) is 0 Å². The van der Waals surface area contributed by atoms with E-state index in [4.69, 9.17) is 0 Å². The Labute approximate surface area is 161 Å². The molecule has 0 bridgehead atoms. The van der Waals surface area contributed by atoms with Gasteiger partial charge in [0.1, 0.15) is 17.7 Å². The fourth-order valence-electron chi connectivity index (χ4n) is 4.65. The van der Waals surface area contributed by atoms with Crippen molar-refractivity contribution in [2.75, 3.05) is 31.1 Å². The van der Waals surface area contributed by atoms with Crippen LogP contribution in [-0.4, -0.2) is 45.6 Å². The maximum atomic E-state index is 9.31. The normalized spacial score (nSPS) is 19.9. The Morgan fingerprint density at radius 1 is 1.04 bits per heavy atom.